The SMILES string of the molecule is CC(C)(C)OC(=O)N[C@H]1CSc2ccc(-c3nnc(C4CC5(CC(O[Si](C)(C)C(C)(C)C)C5)C4)o3)cc2N(Cc2ccc(Cl)cc2)C1=O. The first-order valence-corrected chi connectivity index (χ1v) is 21.0. The summed E-state index contributed by atoms with van der Waals surface area (Å²) < 4.78 is 18.4. The summed E-state index contributed by atoms with van der Waals surface area (Å²) in [5.74, 6) is 1.47. The van der Waals surface area contributed by atoms with Crippen molar-refractivity contribution in [3.63, 3.8) is 0 Å². The number of hydrogen-bond acceptors (Lipinski definition) is 8. The van der Waals surface area contributed by atoms with Gasteiger partial charge in [-0.2, -0.15) is 0 Å². The third-order valence-corrected chi connectivity index (χ3v) is 16.1. The van der Waals surface area contributed by atoms with E-state index in [-0.39, 0.29) is 16.9 Å². The summed E-state index contributed by atoms with van der Waals surface area (Å²) in [5, 5.41) is 12.5. The molecule has 2 heterocycles. The van der Waals surface area contributed by atoms with Crippen molar-refractivity contribution in [2.45, 2.75) is 120 Å². The molecule has 2 amide bonds. The van der Waals surface area contributed by atoms with Crippen LogP contribution >= 0.6 is 23.4 Å². The van der Waals surface area contributed by atoms with E-state index < -0.39 is 26.1 Å². The van der Waals surface area contributed by atoms with E-state index in [0.29, 0.717) is 40.6 Å². The Morgan fingerprint density at radius 2 is 1.75 bits per heavy atom. The van der Waals surface area contributed by atoms with Gasteiger partial charge in [0.25, 0.3) is 5.91 Å². The van der Waals surface area contributed by atoms with Gasteiger partial charge in [-0.25, -0.2) is 4.79 Å². The number of nitrogens with zero attached hydrogens (tertiary/aromatic N) is 3. The number of ether oxygens (including phenoxy) is 1. The number of carbonyl (C=O) groups is 2. The summed E-state index contributed by atoms with van der Waals surface area (Å²) in [6.45, 7) is 17.2. The minimum absolute atomic E-state index is 0.214. The van der Waals surface area contributed by atoms with E-state index in [4.69, 9.17) is 25.2 Å². The van der Waals surface area contributed by atoms with E-state index >= 15 is 0 Å². The Labute approximate surface area is 294 Å². The second-order valence-electron chi connectivity index (χ2n) is 16.2. The molecular weight excluding hydrogens is 664 g/mol. The number of fused-ring (bicyclic) bond motifs is 1. The summed E-state index contributed by atoms with van der Waals surface area (Å²) in [7, 11) is -1.77. The van der Waals surface area contributed by atoms with Gasteiger partial charge >= 0.3 is 6.09 Å². The quantitative estimate of drug-likeness (QED) is 0.242. The molecule has 3 aliphatic rings. The highest BCUT2D eigenvalue weighted by Gasteiger charge is 2.56. The molecule has 1 N–H and O–H groups in total. The van der Waals surface area contributed by atoms with Gasteiger partial charge in [0.15, 0.2) is 8.32 Å². The Hall–Kier alpha value is -2.86. The van der Waals surface area contributed by atoms with Crippen LogP contribution in [-0.4, -0.2) is 54.0 Å². The van der Waals surface area contributed by atoms with Gasteiger partial charge in [-0.05, 0) is 106 Å². The molecule has 1 aliphatic heterocycles. The first kappa shape index (κ1) is 35.0. The number of carbonyl (C=O) groups excluding carboxylic acids is 2. The van der Waals surface area contributed by atoms with E-state index in [1.807, 2.05) is 30.3 Å². The van der Waals surface area contributed by atoms with Crippen molar-refractivity contribution < 1.29 is 23.2 Å². The van der Waals surface area contributed by atoms with Crippen molar-refractivity contribution in [1.29, 1.82) is 0 Å². The van der Waals surface area contributed by atoms with Crippen molar-refractivity contribution in [3.05, 3.63) is 58.9 Å². The van der Waals surface area contributed by atoms with Crippen LogP contribution in [0.5, 0.6) is 0 Å². The van der Waals surface area contributed by atoms with Gasteiger partial charge in [0, 0.05) is 33.3 Å². The molecule has 1 aromatic heterocycles. The number of hydrogen-bond donors (Lipinski definition) is 1. The van der Waals surface area contributed by atoms with E-state index in [1.165, 1.54) is 11.8 Å². The third-order valence-electron chi connectivity index (χ3n) is 10.1. The molecule has 1 atom stereocenters. The van der Waals surface area contributed by atoms with Crippen LogP contribution in [0.25, 0.3) is 11.5 Å². The second-order valence-corrected chi connectivity index (χ2v) is 22.5. The van der Waals surface area contributed by atoms with Gasteiger partial charge in [-0.1, -0.05) is 44.5 Å². The summed E-state index contributed by atoms with van der Waals surface area (Å²) in [6.07, 6.45) is 4.04. The molecule has 12 heteroatoms. The second kappa shape index (κ2) is 12.8. The first-order chi connectivity index (χ1) is 22.4. The standard InChI is InChI=1S/C36H47ClN4O5SSi/c1-34(2,3)45-33(43)38-27-21-47-29-14-11-23(15-28(29)41(32(27)42)20-22-9-12-25(37)13-10-22)30-39-40-31(44-30)24-16-36(17-24)18-26(19-36)46-48(7,8)35(4,5)6/h9-15,24,26-27H,16-21H2,1-8H3,(H,38,43)/t24?,26?,27-,36?/m0/s1. The molecule has 0 radical (unpaired) electrons. The fourth-order valence-electron chi connectivity index (χ4n) is 6.62. The highest BCUT2D eigenvalue weighted by atomic mass is 35.5. The van der Waals surface area contributed by atoms with E-state index in [0.717, 1.165) is 47.4 Å². The average molecular weight is 711 g/mol. The molecule has 3 aromatic rings. The Morgan fingerprint density at radius 3 is 2.40 bits per heavy atom. The molecule has 0 unspecified atom stereocenters. The van der Waals surface area contributed by atoms with Crippen LogP contribution in [0.2, 0.25) is 23.2 Å². The number of rotatable bonds is 7. The van der Waals surface area contributed by atoms with Gasteiger partial charge in [0.2, 0.25) is 11.8 Å². The Bertz CT molecular complexity index is 1670. The number of halogens is 1. The highest BCUT2D eigenvalue weighted by molar-refractivity contribution is 7.99. The van der Waals surface area contributed by atoms with Gasteiger partial charge in [-0.3, -0.25) is 4.79 Å². The molecule has 2 aromatic carbocycles. The van der Waals surface area contributed by atoms with Crippen LogP contribution in [0.15, 0.2) is 51.8 Å². The lowest BCUT2D eigenvalue weighted by Crippen LogP contribution is -2.54. The smallest absolute Gasteiger partial charge is 0.408 e. The summed E-state index contributed by atoms with van der Waals surface area (Å²) in [4.78, 5) is 29.4. The third kappa shape index (κ3) is 7.49. The van der Waals surface area contributed by atoms with Crippen molar-refractivity contribution in [3.8, 4) is 11.5 Å². The van der Waals surface area contributed by atoms with Gasteiger partial charge in [-0.15, -0.1) is 22.0 Å². The number of benzene rings is 2. The molecular formula is C36H47ClN4O5SSi. The van der Waals surface area contributed by atoms with Crippen LogP contribution in [-0.2, 0) is 20.5 Å². The van der Waals surface area contributed by atoms with Crippen LogP contribution in [0.4, 0.5) is 10.5 Å². The minimum Gasteiger partial charge on any atom is -0.444 e. The van der Waals surface area contributed by atoms with E-state index in [1.54, 1.807) is 37.8 Å². The maximum Gasteiger partial charge on any atom is 0.408 e. The minimum atomic E-state index is -1.77. The van der Waals surface area contributed by atoms with Crippen molar-refractivity contribution in [2.75, 3.05) is 10.7 Å². The van der Waals surface area contributed by atoms with E-state index in [2.05, 4.69) is 49.4 Å². The first-order valence-electron chi connectivity index (χ1n) is 16.7. The Morgan fingerprint density at radius 1 is 1.06 bits per heavy atom. The van der Waals surface area contributed by atoms with Crippen molar-refractivity contribution in [1.82, 2.24) is 15.5 Å². The molecule has 0 bridgehead atoms. The van der Waals surface area contributed by atoms with Crippen molar-refractivity contribution >= 4 is 49.4 Å². The van der Waals surface area contributed by atoms with Gasteiger partial charge in [0.05, 0.1) is 12.2 Å². The summed E-state index contributed by atoms with van der Waals surface area (Å²) >= 11 is 7.66. The predicted molar refractivity (Wildman–Crippen MR) is 192 cm³/mol. The van der Waals surface area contributed by atoms with Crippen LogP contribution in [0, 0.1) is 5.41 Å². The number of thioether (sulfide) groups is 1. The molecule has 9 nitrogen and oxygen atoms in total. The van der Waals surface area contributed by atoms with Crippen LogP contribution in [0.3, 0.4) is 0 Å². The molecule has 48 heavy (non-hydrogen) atoms. The topological polar surface area (TPSA) is 107 Å². The van der Waals surface area contributed by atoms with Crippen molar-refractivity contribution in [2.24, 2.45) is 5.41 Å². The predicted octanol–water partition coefficient (Wildman–Crippen LogP) is 8.97. The average Bonchev–Trinajstić information content (AvgIpc) is 3.39. The fraction of sp³-hybridized carbons (Fsp3) is 0.556. The molecule has 1 spiro atoms. The molecule has 6 rings (SSSR count). The zero-order valence-electron chi connectivity index (χ0n) is 29.2. The summed E-state index contributed by atoms with van der Waals surface area (Å²) in [6, 6.07) is 12.5. The van der Waals surface area contributed by atoms with Gasteiger partial charge < -0.3 is 23.8 Å². The number of anilines is 1. The molecule has 258 valence electrons. The van der Waals surface area contributed by atoms with Gasteiger partial charge in [0.1, 0.15) is 11.6 Å². The fourth-order valence-corrected chi connectivity index (χ4v) is 9.15. The maximum atomic E-state index is 14.1. The monoisotopic (exact) mass is 710 g/mol. The lowest BCUT2D eigenvalue weighted by Gasteiger charge is -2.58. The lowest BCUT2D eigenvalue weighted by atomic mass is 9.51. The lowest BCUT2D eigenvalue weighted by molar-refractivity contribution is -0.120. The van der Waals surface area contributed by atoms with Crippen LogP contribution < -0.4 is 10.2 Å². The number of nitrogens with one attached hydrogen (secondary N) is 1. The van der Waals surface area contributed by atoms with E-state index in [9.17, 15) is 9.59 Å². The molecule has 2 saturated carbocycles. The number of aromatic nitrogens is 2. The normalized spacial score (nSPS) is 24.4. The molecule has 2 fully saturated rings. The number of alkyl carbamates (subject to hydrolysis) is 1. The number of amides is 2. The summed E-state index contributed by atoms with van der Waals surface area (Å²) in [5.41, 5.74) is 2.00. The van der Waals surface area contributed by atoms with Crippen LogP contribution in [0.1, 0.15) is 84.6 Å². The highest BCUT2D eigenvalue weighted by Crippen LogP contribution is 2.63. The molecule has 2 aliphatic carbocycles. The zero-order valence-corrected chi connectivity index (χ0v) is 31.8. The Balaban J connectivity index is 1.17. The largest absolute Gasteiger partial charge is 0.444 e. The Kier molecular flexibility index (Phi) is 9.32. The maximum absolute atomic E-state index is 14.1. The zero-order chi connectivity index (χ0) is 34.6. The molecule has 0 saturated heterocycles.